The van der Waals surface area contributed by atoms with Crippen LogP contribution in [0.15, 0.2) is 22.6 Å². The van der Waals surface area contributed by atoms with Gasteiger partial charge in [0.25, 0.3) is 5.91 Å². The van der Waals surface area contributed by atoms with Gasteiger partial charge in [-0.1, -0.05) is 0 Å². The molecule has 4 rings (SSSR count). The number of furan rings is 1. The third-order valence-corrected chi connectivity index (χ3v) is 5.30. The lowest BCUT2D eigenvalue weighted by atomic mass is 10.1. The van der Waals surface area contributed by atoms with Gasteiger partial charge in [-0.3, -0.25) is 14.4 Å². The van der Waals surface area contributed by atoms with E-state index >= 15 is 0 Å². The molecule has 8 heteroatoms. The monoisotopic (exact) mass is 385 g/mol. The molecule has 1 aromatic heterocycles. The van der Waals surface area contributed by atoms with Gasteiger partial charge in [0.1, 0.15) is 11.3 Å². The maximum atomic E-state index is 12.9. The molecule has 0 bridgehead atoms. The second-order valence-corrected chi connectivity index (χ2v) is 7.25. The van der Waals surface area contributed by atoms with Crippen LogP contribution in [0.4, 0.5) is 0 Å². The molecule has 1 aromatic carbocycles. The van der Waals surface area contributed by atoms with E-state index in [1.807, 2.05) is 13.0 Å². The molecule has 0 spiro atoms. The number of rotatable bonds is 3. The van der Waals surface area contributed by atoms with Crippen LogP contribution in [0.25, 0.3) is 11.0 Å². The first-order valence-electron chi connectivity index (χ1n) is 9.44. The second kappa shape index (κ2) is 7.18. The number of amides is 3. The molecule has 2 aromatic rings. The van der Waals surface area contributed by atoms with Gasteiger partial charge in [0.15, 0.2) is 5.76 Å². The summed E-state index contributed by atoms with van der Waals surface area (Å²) in [6.07, 6.45) is 1.87. The molecule has 1 saturated carbocycles. The Morgan fingerprint density at radius 1 is 1.11 bits per heavy atom. The van der Waals surface area contributed by atoms with Crippen molar-refractivity contribution in [1.29, 1.82) is 0 Å². The molecule has 0 radical (unpaired) electrons. The molecule has 8 nitrogen and oxygen atoms in total. The van der Waals surface area contributed by atoms with Gasteiger partial charge in [0, 0.05) is 43.2 Å². The van der Waals surface area contributed by atoms with Crippen LogP contribution in [0.2, 0.25) is 0 Å². The number of carbonyl (C=O) groups excluding carboxylic acids is 3. The smallest absolute Gasteiger partial charge is 0.312 e. The van der Waals surface area contributed by atoms with E-state index in [-0.39, 0.29) is 11.9 Å². The van der Waals surface area contributed by atoms with Crippen LogP contribution in [0.3, 0.4) is 0 Å². The summed E-state index contributed by atoms with van der Waals surface area (Å²) in [7, 11) is 1.59. The van der Waals surface area contributed by atoms with Crippen LogP contribution in [0, 0.1) is 6.92 Å². The highest BCUT2D eigenvalue weighted by Gasteiger charge is 2.32. The number of benzene rings is 1. The first-order chi connectivity index (χ1) is 13.5. The molecular formula is C20H23N3O5. The van der Waals surface area contributed by atoms with Crippen molar-refractivity contribution >= 4 is 28.7 Å². The number of piperazine rings is 1. The van der Waals surface area contributed by atoms with Crippen molar-refractivity contribution in [2.24, 2.45) is 0 Å². The Morgan fingerprint density at radius 2 is 1.79 bits per heavy atom. The normalized spacial score (nSPS) is 16.9. The Morgan fingerprint density at radius 3 is 2.43 bits per heavy atom. The van der Waals surface area contributed by atoms with Crippen molar-refractivity contribution < 1.29 is 23.5 Å². The van der Waals surface area contributed by atoms with E-state index in [9.17, 15) is 14.4 Å². The van der Waals surface area contributed by atoms with Crippen molar-refractivity contribution in [3.05, 3.63) is 29.5 Å². The third-order valence-electron chi connectivity index (χ3n) is 5.30. The van der Waals surface area contributed by atoms with Gasteiger partial charge in [-0.2, -0.15) is 0 Å². The van der Waals surface area contributed by atoms with E-state index in [4.69, 9.17) is 9.15 Å². The fourth-order valence-corrected chi connectivity index (χ4v) is 3.41. The minimum Gasteiger partial charge on any atom is -0.497 e. The topological polar surface area (TPSA) is 92.1 Å². The molecule has 0 atom stereocenters. The third kappa shape index (κ3) is 3.42. The summed E-state index contributed by atoms with van der Waals surface area (Å²) in [5.41, 5.74) is 1.40. The minimum absolute atomic E-state index is 0.147. The van der Waals surface area contributed by atoms with E-state index < -0.39 is 11.8 Å². The van der Waals surface area contributed by atoms with Gasteiger partial charge in [-0.05, 0) is 38.0 Å². The van der Waals surface area contributed by atoms with Crippen LogP contribution >= 0.6 is 0 Å². The van der Waals surface area contributed by atoms with Gasteiger partial charge < -0.3 is 24.3 Å². The van der Waals surface area contributed by atoms with Crippen LogP contribution < -0.4 is 10.1 Å². The summed E-state index contributed by atoms with van der Waals surface area (Å²) < 4.78 is 11.0. The number of nitrogens with one attached hydrogen (secondary N) is 1. The number of nitrogens with zero attached hydrogens (tertiary/aromatic N) is 2. The molecule has 1 saturated heterocycles. The zero-order valence-electron chi connectivity index (χ0n) is 16.0. The predicted octanol–water partition coefficient (Wildman–Crippen LogP) is 1.31. The Hall–Kier alpha value is -3.03. The molecule has 2 fully saturated rings. The van der Waals surface area contributed by atoms with Gasteiger partial charge in [0.05, 0.1) is 7.11 Å². The van der Waals surface area contributed by atoms with Crippen molar-refractivity contribution in [3.8, 4) is 5.75 Å². The fourth-order valence-electron chi connectivity index (χ4n) is 3.41. The molecule has 28 heavy (non-hydrogen) atoms. The van der Waals surface area contributed by atoms with Crippen LogP contribution in [-0.4, -0.2) is 66.9 Å². The predicted molar refractivity (Wildman–Crippen MR) is 101 cm³/mol. The maximum absolute atomic E-state index is 12.9. The Bertz CT molecular complexity index is 939. The molecule has 1 N–H and O–H groups in total. The summed E-state index contributed by atoms with van der Waals surface area (Å²) in [5, 5.41) is 3.55. The molecule has 0 unspecified atom stereocenters. The molecule has 2 heterocycles. The average Bonchev–Trinajstić information content (AvgIpc) is 3.48. The number of methoxy groups -OCH3 is 1. The standard InChI is InChI=1S/C20H23N3O5/c1-12-15-11-14(27-2)5-6-16(15)28-17(12)19(25)22-7-9-23(10-8-22)20(26)18(24)21-13-3-4-13/h5-6,11,13H,3-4,7-10H2,1-2H3,(H,21,24). The number of ether oxygens (including phenoxy) is 1. The fraction of sp³-hybridized carbons (Fsp3) is 0.450. The van der Waals surface area contributed by atoms with Crippen LogP contribution in [-0.2, 0) is 9.59 Å². The second-order valence-electron chi connectivity index (χ2n) is 7.25. The van der Waals surface area contributed by atoms with Crippen molar-refractivity contribution in [2.45, 2.75) is 25.8 Å². The Kier molecular flexibility index (Phi) is 4.70. The van der Waals surface area contributed by atoms with Gasteiger partial charge >= 0.3 is 11.8 Å². The lowest BCUT2D eigenvalue weighted by Crippen LogP contribution is -2.54. The molecule has 1 aliphatic heterocycles. The molecule has 3 amide bonds. The molecule has 1 aliphatic carbocycles. The summed E-state index contributed by atoms with van der Waals surface area (Å²) in [6, 6.07) is 5.57. The highest BCUT2D eigenvalue weighted by atomic mass is 16.5. The Balaban J connectivity index is 1.42. The largest absolute Gasteiger partial charge is 0.497 e. The summed E-state index contributed by atoms with van der Waals surface area (Å²) >= 11 is 0. The van der Waals surface area contributed by atoms with E-state index in [0.29, 0.717) is 43.3 Å². The SMILES string of the molecule is COc1ccc2oc(C(=O)N3CCN(C(=O)C(=O)NC4CC4)CC3)c(C)c2c1. The molecule has 148 valence electrons. The molecule has 2 aliphatic rings. The number of hydrogen-bond acceptors (Lipinski definition) is 5. The molecular weight excluding hydrogens is 362 g/mol. The first kappa shape index (κ1) is 18.3. The summed E-state index contributed by atoms with van der Waals surface area (Å²) in [5.74, 6) is -0.279. The minimum atomic E-state index is -0.552. The summed E-state index contributed by atoms with van der Waals surface area (Å²) in [4.78, 5) is 40.2. The van der Waals surface area contributed by atoms with Crippen LogP contribution in [0.5, 0.6) is 5.75 Å². The highest BCUT2D eigenvalue weighted by molar-refractivity contribution is 6.35. The quantitative estimate of drug-likeness (QED) is 0.805. The zero-order valence-corrected chi connectivity index (χ0v) is 16.0. The van der Waals surface area contributed by atoms with E-state index in [1.54, 1.807) is 24.1 Å². The maximum Gasteiger partial charge on any atom is 0.312 e. The highest BCUT2D eigenvalue weighted by Crippen LogP contribution is 2.29. The first-order valence-corrected chi connectivity index (χ1v) is 9.44. The summed E-state index contributed by atoms with van der Waals surface area (Å²) in [6.45, 7) is 3.23. The van der Waals surface area contributed by atoms with E-state index in [1.165, 1.54) is 4.90 Å². The van der Waals surface area contributed by atoms with Crippen molar-refractivity contribution in [2.75, 3.05) is 33.3 Å². The lowest BCUT2D eigenvalue weighted by molar-refractivity contribution is -0.146. The van der Waals surface area contributed by atoms with Gasteiger partial charge in [-0.15, -0.1) is 0 Å². The number of aryl methyl sites for hydroxylation is 1. The van der Waals surface area contributed by atoms with E-state index in [2.05, 4.69) is 5.32 Å². The van der Waals surface area contributed by atoms with Gasteiger partial charge in [-0.25, -0.2) is 0 Å². The van der Waals surface area contributed by atoms with E-state index in [0.717, 1.165) is 23.8 Å². The number of fused-ring (bicyclic) bond motifs is 1. The Labute approximate surface area is 162 Å². The van der Waals surface area contributed by atoms with Crippen molar-refractivity contribution in [3.63, 3.8) is 0 Å². The number of carbonyl (C=O) groups is 3. The lowest BCUT2D eigenvalue weighted by Gasteiger charge is -2.34. The average molecular weight is 385 g/mol. The van der Waals surface area contributed by atoms with Crippen molar-refractivity contribution in [1.82, 2.24) is 15.1 Å². The van der Waals surface area contributed by atoms with Gasteiger partial charge in [0.2, 0.25) is 0 Å². The van der Waals surface area contributed by atoms with Crippen LogP contribution in [0.1, 0.15) is 29.0 Å². The zero-order chi connectivity index (χ0) is 19.8. The number of hydrogen-bond donors (Lipinski definition) is 1.